The first kappa shape index (κ1) is 53.3. The Morgan fingerprint density at radius 3 is 1.04 bits per heavy atom. The number of thiophene rings is 3. The van der Waals surface area contributed by atoms with E-state index in [-0.39, 0.29) is 0 Å². The van der Waals surface area contributed by atoms with E-state index in [9.17, 15) is 0 Å². The van der Waals surface area contributed by atoms with Gasteiger partial charge in [0.05, 0.1) is 34.1 Å². The van der Waals surface area contributed by atoms with Crippen LogP contribution in [0.2, 0.25) is 0 Å². The topological polar surface area (TPSA) is 9.72 Å². The molecule has 0 atom stereocenters. The molecule has 16 rings (SSSR count). The van der Waals surface area contributed by atoms with Crippen LogP contribution in [0.3, 0.4) is 0 Å². The Morgan fingerprint density at radius 2 is 0.624 bits per heavy atom. The molecule has 0 spiro atoms. The van der Waals surface area contributed by atoms with Gasteiger partial charge >= 0.3 is 0 Å². The number of hydrogen-bond acceptors (Lipinski definition) is 9. The summed E-state index contributed by atoms with van der Waals surface area (Å²) in [4.78, 5) is 23.3. The van der Waals surface area contributed by atoms with Crippen LogP contribution >= 0.6 is 69.3 Å². The van der Waals surface area contributed by atoms with Gasteiger partial charge in [-0.05, 0) is 189 Å². The minimum Gasteiger partial charge on any atom is -0.340 e. The van der Waals surface area contributed by atoms with Crippen LogP contribution in [0.1, 0.15) is 59.3 Å². The Hall–Kier alpha value is -7.21. The molecule has 0 bridgehead atoms. The zero-order valence-corrected chi connectivity index (χ0v) is 52.7. The summed E-state index contributed by atoms with van der Waals surface area (Å²) in [7, 11) is 0. The maximum atomic E-state index is 2.54. The fraction of sp³-hybridized carbons (Fsp3) is 0.158. The van der Waals surface area contributed by atoms with E-state index in [4.69, 9.17) is 0 Å². The van der Waals surface area contributed by atoms with Gasteiger partial charge in [0.25, 0.3) is 0 Å². The number of anilines is 6. The van der Waals surface area contributed by atoms with Gasteiger partial charge in [-0.3, -0.25) is 0 Å². The fourth-order valence-electron chi connectivity index (χ4n) is 13.1. The molecule has 0 amide bonds. The van der Waals surface area contributed by atoms with Crippen molar-refractivity contribution in [2.45, 2.75) is 88.7 Å². The average molecular weight is 1210 g/mol. The van der Waals surface area contributed by atoms with E-state index in [1.54, 1.807) is 0 Å². The van der Waals surface area contributed by atoms with Crippen LogP contribution in [-0.2, 0) is 0 Å². The number of unbranched alkanes of at least 4 members (excludes halogenated alkanes) is 3. The Kier molecular flexibility index (Phi) is 13.9. The quantitative estimate of drug-likeness (QED) is 0.0940. The smallest absolute Gasteiger partial charge is 0.0553 e. The predicted molar refractivity (Wildman–Crippen MR) is 374 cm³/mol. The summed E-state index contributed by atoms with van der Waals surface area (Å²) < 4.78 is 0. The third kappa shape index (κ3) is 9.31. The molecule has 10 aromatic carbocycles. The van der Waals surface area contributed by atoms with Crippen molar-refractivity contribution < 1.29 is 0 Å². The molecule has 416 valence electrons. The van der Waals surface area contributed by atoms with Gasteiger partial charge in [-0.25, -0.2) is 0 Å². The van der Waals surface area contributed by atoms with Crippen LogP contribution in [0.5, 0.6) is 0 Å². The highest BCUT2D eigenvalue weighted by molar-refractivity contribution is 8.00. The Morgan fingerprint density at radius 1 is 0.282 bits per heavy atom. The minimum absolute atomic E-state index is 1.02. The van der Waals surface area contributed by atoms with Gasteiger partial charge in [0.1, 0.15) is 0 Å². The van der Waals surface area contributed by atoms with Crippen LogP contribution in [0.25, 0.3) is 95.0 Å². The maximum absolute atomic E-state index is 2.54. The summed E-state index contributed by atoms with van der Waals surface area (Å²) >= 11 is 11.5. The molecule has 0 unspecified atom stereocenters. The van der Waals surface area contributed by atoms with Crippen LogP contribution in [0, 0.1) is 0 Å². The van der Waals surface area contributed by atoms with Crippen molar-refractivity contribution >= 4 is 136 Å². The highest BCUT2D eigenvalue weighted by atomic mass is 32.2. The first-order valence-corrected chi connectivity index (χ1v) is 35.0. The van der Waals surface area contributed by atoms with Crippen molar-refractivity contribution in [3.8, 4) is 62.6 Å². The number of rotatable bonds is 15. The van der Waals surface area contributed by atoms with Crippen molar-refractivity contribution in [1.29, 1.82) is 0 Å². The van der Waals surface area contributed by atoms with Crippen LogP contribution in [-0.4, -0.2) is 19.6 Å². The Balaban J connectivity index is 0.807. The molecular weight excluding hydrogens is 1150 g/mol. The standard InChI is InChI=1S/C76H61N3S6/c1-4-7-40-77-57-16-10-13-19-69(57)83-72-43-48(24-31-60(72)77)63-34-37-66(80-63)51-27-22-47-23-28-53-55(67-38-35-64(81-67)49-25-32-61-73(44-49)84-70-20-14-11-17-58(70)78(61)41-8-5-2)46-56(54-30-29-52(51)75(47)76(53)54)68-39-36-65(82-68)50-26-33-62-74(45-50)85-71-21-15-12-18-59(71)79(62)42-9-6-3/h10-39,43-46H,4-9,40-42H2,1-3H3. The second-order valence-electron chi connectivity index (χ2n) is 22.6. The number of nitrogens with zero attached hydrogens (tertiary/aromatic N) is 3. The molecule has 13 aromatic rings. The molecule has 3 nitrogen and oxygen atoms in total. The molecule has 0 aliphatic carbocycles. The third-order valence-corrected chi connectivity index (χ3v) is 24.2. The van der Waals surface area contributed by atoms with Gasteiger partial charge < -0.3 is 14.7 Å². The molecule has 0 N–H and O–H groups in total. The molecule has 9 heteroatoms. The predicted octanol–water partition coefficient (Wildman–Crippen LogP) is 25.0. The van der Waals surface area contributed by atoms with E-state index in [0.717, 1.165) is 38.9 Å². The van der Waals surface area contributed by atoms with Crippen molar-refractivity contribution in [2.24, 2.45) is 0 Å². The summed E-state index contributed by atoms with van der Waals surface area (Å²) in [5.41, 5.74) is 15.6. The largest absolute Gasteiger partial charge is 0.340 e. The van der Waals surface area contributed by atoms with E-state index >= 15 is 0 Å². The van der Waals surface area contributed by atoms with Gasteiger partial charge in [-0.1, -0.05) is 166 Å². The summed E-state index contributed by atoms with van der Waals surface area (Å²) in [5.74, 6) is 0. The number of hydrogen-bond donors (Lipinski definition) is 0. The second-order valence-corrected chi connectivity index (χ2v) is 29.1. The highest BCUT2D eigenvalue weighted by Crippen LogP contribution is 2.55. The van der Waals surface area contributed by atoms with Gasteiger partial charge in [0.2, 0.25) is 0 Å². The normalized spacial score (nSPS) is 13.3. The second kappa shape index (κ2) is 22.3. The van der Waals surface area contributed by atoms with Crippen molar-refractivity contribution in [3.05, 3.63) is 206 Å². The molecule has 3 aliphatic heterocycles. The Labute approximate surface area is 523 Å². The zero-order chi connectivity index (χ0) is 56.7. The van der Waals surface area contributed by atoms with Crippen molar-refractivity contribution in [1.82, 2.24) is 0 Å². The lowest BCUT2D eigenvalue weighted by Gasteiger charge is -2.33. The fourth-order valence-corrected chi connectivity index (χ4v) is 19.6. The van der Waals surface area contributed by atoms with Crippen LogP contribution in [0.15, 0.2) is 236 Å². The molecule has 3 aliphatic rings. The minimum atomic E-state index is 1.02. The van der Waals surface area contributed by atoms with Gasteiger partial charge in [-0.15, -0.1) is 34.0 Å². The van der Waals surface area contributed by atoms with E-state index in [0.29, 0.717) is 0 Å². The third-order valence-electron chi connectivity index (χ3n) is 17.3. The van der Waals surface area contributed by atoms with Crippen LogP contribution < -0.4 is 14.7 Å². The first-order valence-electron chi connectivity index (χ1n) is 30.1. The lowest BCUT2D eigenvalue weighted by atomic mass is 9.87. The van der Waals surface area contributed by atoms with E-state index < -0.39 is 0 Å². The first-order chi connectivity index (χ1) is 42.0. The lowest BCUT2D eigenvalue weighted by molar-refractivity contribution is 0.777. The average Bonchev–Trinajstić information content (AvgIpc) is 2.74. The molecule has 6 heterocycles. The monoisotopic (exact) mass is 1210 g/mol. The number of para-hydroxylation sites is 3. The summed E-state index contributed by atoms with van der Waals surface area (Å²) in [6.07, 6.45) is 6.97. The molecule has 0 radical (unpaired) electrons. The summed E-state index contributed by atoms with van der Waals surface area (Å²) in [6.45, 7) is 9.92. The number of fused-ring (bicyclic) bond motifs is 6. The van der Waals surface area contributed by atoms with Crippen LogP contribution in [0.4, 0.5) is 34.1 Å². The van der Waals surface area contributed by atoms with E-state index in [2.05, 4.69) is 242 Å². The molecule has 85 heavy (non-hydrogen) atoms. The summed E-state index contributed by atoms with van der Waals surface area (Å²) in [5, 5.41) is 7.87. The van der Waals surface area contributed by atoms with Gasteiger partial charge in [0.15, 0.2) is 0 Å². The zero-order valence-electron chi connectivity index (χ0n) is 47.8. The lowest BCUT2D eigenvalue weighted by Crippen LogP contribution is -2.21. The van der Waals surface area contributed by atoms with Crippen molar-refractivity contribution in [3.63, 3.8) is 0 Å². The van der Waals surface area contributed by atoms with Gasteiger partial charge in [-0.2, -0.15) is 0 Å². The molecule has 0 fully saturated rings. The molecule has 3 aromatic heterocycles. The maximum Gasteiger partial charge on any atom is 0.0553 e. The van der Waals surface area contributed by atoms with Crippen molar-refractivity contribution in [2.75, 3.05) is 34.3 Å². The number of benzene rings is 10. The molecule has 0 saturated carbocycles. The highest BCUT2D eigenvalue weighted by Gasteiger charge is 2.28. The Bertz CT molecular complexity index is 4550. The molecule has 0 saturated heterocycles. The molecular formula is C76H61N3S6. The SMILES string of the molecule is CCCCN1c2ccccc2Sc2cc(-c3ccc(-c4ccc5ccc6c(-c7ccc(-c8ccc9c(c8)Sc8ccccc8N9CCCC)s7)cc(-c7ccc(-c8ccc9c(c8)Sc8ccccc8N9CCCC)s7)c7ccc4c5c67)s3)ccc21. The van der Waals surface area contributed by atoms with Gasteiger partial charge in [0, 0.05) is 89.4 Å². The van der Waals surface area contributed by atoms with E-state index in [1.165, 1.54) is 178 Å². The summed E-state index contributed by atoms with van der Waals surface area (Å²) in [6, 6.07) is 79.3. The van der Waals surface area contributed by atoms with E-state index in [1.807, 2.05) is 69.3 Å².